The largest absolute Gasteiger partial charge is 0.469 e. The molecule has 9 atom stereocenters. The lowest BCUT2D eigenvalue weighted by Gasteiger charge is -2.63. The Kier molecular flexibility index (Phi) is 7.17. The van der Waals surface area contributed by atoms with Gasteiger partial charge in [0.25, 0.3) is 0 Å². The van der Waals surface area contributed by atoms with E-state index in [-0.39, 0.29) is 47.4 Å². The molecule has 0 heterocycles. The highest BCUT2D eigenvalue weighted by molar-refractivity contribution is 6.67. The van der Waals surface area contributed by atoms with Gasteiger partial charge in [-0.05, 0) is 85.9 Å². The number of aliphatic hydroxyl groups is 1. The van der Waals surface area contributed by atoms with Gasteiger partial charge in [-0.15, -0.1) is 0 Å². The van der Waals surface area contributed by atoms with Crippen LogP contribution in [0.4, 0.5) is 4.79 Å². The zero-order valence-electron chi connectivity index (χ0n) is 19.6. The minimum absolute atomic E-state index is 0.0139. The van der Waals surface area contributed by atoms with Crippen LogP contribution >= 0.6 is 34.8 Å². The first-order valence-corrected chi connectivity index (χ1v) is 13.3. The number of fused-ring (bicyclic) bond motifs is 5. The highest BCUT2D eigenvalue weighted by atomic mass is 35.6. The van der Waals surface area contributed by atoms with Gasteiger partial charge in [0.05, 0.1) is 19.1 Å². The van der Waals surface area contributed by atoms with Gasteiger partial charge in [0.15, 0.2) is 0 Å². The first kappa shape index (κ1) is 25.7. The topological polar surface area (TPSA) is 84.9 Å². The van der Waals surface area contributed by atoms with Gasteiger partial charge in [0.1, 0.15) is 6.61 Å². The monoisotopic (exact) mass is 523 g/mol. The van der Waals surface area contributed by atoms with E-state index in [0.717, 1.165) is 44.9 Å². The van der Waals surface area contributed by atoms with Crippen LogP contribution in [0.5, 0.6) is 0 Å². The molecule has 4 aliphatic rings. The van der Waals surface area contributed by atoms with Gasteiger partial charge >= 0.3 is 12.1 Å². The first-order valence-electron chi connectivity index (χ1n) is 12.1. The second-order valence-corrected chi connectivity index (χ2v) is 13.8. The maximum atomic E-state index is 12.8. The Balaban J connectivity index is 1.65. The zero-order valence-corrected chi connectivity index (χ0v) is 21.9. The summed E-state index contributed by atoms with van der Waals surface area (Å²) in [5.74, 6) is 1.15. The number of nitrogens with one attached hydrogen (secondary N) is 1. The van der Waals surface area contributed by atoms with E-state index < -0.39 is 9.89 Å². The summed E-state index contributed by atoms with van der Waals surface area (Å²) in [5.41, 5.74) is -0.237. The summed E-state index contributed by atoms with van der Waals surface area (Å²) in [4.78, 5) is 25.5. The minimum atomic E-state index is -1.67. The van der Waals surface area contributed by atoms with E-state index in [0.29, 0.717) is 24.2 Å². The summed E-state index contributed by atoms with van der Waals surface area (Å²) >= 11 is 17.3. The van der Waals surface area contributed by atoms with E-state index in [1.807, 2.05) is 0 Å². The van der Waals surface area contributed by atoms with Crippen LogP contribution < -0.4 is 5.32 Å². The normalized spacial score (nSPS) is 44.8. The molecule has 9 heteroatoms. The second kappa shape index (κ2) is 9.22. The van der Waals surface area contributed by atoms with Crippen LogP contribution in [-0.2, 0) is 14.3 Å². The van der Waals surface area contributed by atoms with E-state index in [1.165, 1.54) is 7.11 Å². The van der Waals surface area contributed by atoms with Crippen LogP contribution in [0.3, 0.4) is 0 Å². The van der Waals surface area contributed by atoms with Crippen molar-refractivity contribution >= 4 is 46.9 Å². The Labute approximate surface area is 211 Å². The zero-order chi connectivity index (χ0) is 24.2. The van der Waals surface area contributed by atoms with Gasteiger partial charge in [-0.1, -0.05) is 48.7 Å². The van der Waals surface area contributed by atoms with Crippen LogP contribution in [0.25, 0.3) is 0 Å². The van der Waals surface area contributed by atoms with Gasteiger partial charge in [-0.3, -0.25) is 4.79 Å². The predicted octanol–water partition coefficient (Wildman–Crippen LogP) is 5.25. The molecule has 2 N–H and O–H groups in total. The molecule has 4 rings (SSSR count). The quantitative estimate of drug-likeness (QED) is 0.389. The molecule has 4 aliphatic carbocycles. The number of hydrogen-bond donors (Lipinski definition) is 2. The molecule has 0 aromatic carbocycles. The molecular weight excluding hydrogens is 489 g/mol. The van der Waals surface area contributed by atoms with Crippen molar-refractivity contribution in [1.82, 2.24) is 5.32 Å². The highest BCUT2D eigenvalue weighted by Crippen LogP contribution is 2.67. The number of carbonyl (C=O) groups excluding carboxylic acids is 2. The van der Waals surface area contributed by atoms with Crippen molar-refractivity contribution in [2.24, 2.45) is 40.4 Å². The van der Waals surface area contributed by atoms with E-state index in [2.05, 4.69) is 19.2 Å². The highest BCUT2D eigenvalue weighted by Gasteiger charge is 2.64. The standard InChI is InChI=1S/C24H36Cl3NO5/c1-22-9-8-14(29)10-13(22)4-5-15-16-6-7-17(20(30)32-3)23(16,2)11-18(19(15)22)28-21(31)33-12-24(25,26)27/h13-19,29H,4-12H2,1-3H3,(H,28,31)/t13-,14-,15-,16-,17+,18+,19+,22-,23-/m0/s1. The number of halogens is 3. The van der Waals surface area contributed by atoms with Crippen molar-refractivity contribution in [2.75, 3.05) is 13.7 Å². The Bertz CT molecular complexity index is 776. The SMILES string of the molecule is COC(=O)[C@H]1CC[C@H]2[C@@H]3CC[C@H]4C[C@@H](O)CC[C@]4(C)[C@H]3[C@H](NC(=O)OCC(Cl)(Cl)Cl)C[C@]12C. The van der Waals surface area contributed by atoms with E-state index >= 15 is 0 Å². The van der Waals surface area contributed by atoms with Crippen molar-refractivity contribution in [2.45, 2.75) is 81.2 Å². The fraction of sp³-hybridized carbons (Fsp3) is 0.917. The van der Waals surface area contributed by atoms with Gasteiger partial charge in [-0.2, -0.15) is 0 Å². The van der Waals surface area contributed by atoms with E-state index in [9.17, 15) is 14.7 Å². The lowest BCUT2D eigenvalue weighted by atomic mass is 9.43. The molecule has 0 radical (unpaired) electrons. The van der Waals surface area contributed by atoms with Crippen LogP contribution in [0.2, 0.25) is 0 Å². The number of aliphatic hydroxyl groups excluding tert-OH is 1. The summed E-state index contributed by atoms with van der Waals surface area (Å²) in [6, 6.07) is -0.160. The number of amides is 1. The number of alkyl carbamates (subject to hydrolysis) is 1. The molecule has 33 heavy (non-hydrogen) atoms. The van der Waals surface area contributed by atoms with Gasteiger partial charge in [0.2, 0.25) is 3.79 Å². The summed E-state index contributed by atoms with van der Waals surface area (Å²) in [6.45, 7) is 4.21. The second-order valence-electron chi connectivity index (χ2n) is 11.3. The average Bonchev–Trinajstić information content (AvgIpc) is 3.08. The van der Waals surface area contributed by atoms with Crippen molar-refractivity contribution in [3.8, 4) is 0 Å². The lowest BCUT2D eigenvalue weighted by molar-refractivity contribution is -0.161. The maximum Gasteiger partial charge on any atom is 0.407 e. The number of alkyl halides is 3. The van der Waals surface area contributed by atoms with Crippen LogP contribution in [0, 0.1) is 40.4 Å². The molecule has 6 nitrogen and oxygen atoms in total. The number of esters is 1. The van der Waals surface area contributed by atoms with Crippen molar-refractivity contribution < 1.29 is 24.2 Å². The number of rotatable bonds is 3. The van der Waals surface area contributed by atoms with Crippen LogP contribution in [-0.4, -0.2) is 46.8 Å². The predicted molar refractivity (Wildman–Crippen MR) is 127 cm³/mol. The Morgan fingerprint density at radius 2 is 1.82 bits per heavy atom. The van der Waals surface area contributed by atoms with Crippen molar-refractivity contribution in [1.29, 1.82) is 0 Å². The molecule has 4 fully saturated rings. The molecule has 0 aromatic rings. The molecule has 0 spiro atoms. The van der Waals surface area contributed by atoms with Crippen molar-refractivity contribution in [3.05, 3.63) is 0 Å². The van der Waals surface area contributed by atoms with Gasteiger partial charge < -0.3 is 19.9 Å². The third-order valence-corrected chi connectivity index (χ3v) is 10.1. The first-order chi connectivity index (χ1) is 15.4. The lowest BCUT2D eigenvalue weighted by Crippen LogP contribution is -2.63. The molecule has 0 saturated heterocycles. The number of ether oxygens (including phenoxy) is 2. The molecule has 0 aliphatic heterocycles. The molecule has 4 saturated carbocycles. The van der Waals surface area contributed by atoms with Crippen molar-refractivity contribution in [3.63, 3.8) is 0 Å². The fourth-order valence-corrected chi connectivity index (χ4v) is 8.59. The summed E-state index contributed by atoms with van der Waals surface area (Å²) < 4.78 is 8.73. The minimum Gasteiger partial charge on any atom is -0.469 e. The molecular formula is C24H36Cl3NO5. The third-order valence-electron chi connectivity index (χ3n) is 9.75. The molecule has 0 unspecified atom stereocenters. The van der Waals surface area contributed by atoms with Crippen LogP contribution in [0.1, 0.15) is 65.2 Å². The van der Waals surface area contributed by atoms with Crippen LogP contribution in [0.15, 0.2) is 0 Å². The van der Waals surface area contributed by atoms with Gasteiger partial charge in [0, 0.05) is 6.04 Å². The molecule has 0 bridgehead atoms. The summed E-state index contributed by atoms with van der Waals surface area (Å²) in [6.07, 6.45) is 6.33. The Morgan fingerprint density at radius 1 is 1.09 bits per heavy atom. The molecule has 0 aromatic heterocycles. The Morgan fingerprint density at radius 3 is 2.48 bits per heavy atom. The number of hydrogen-bond acceptors (Lipinski definition) is 5. The summed E-state index contributed by atoms with van der Waals surface area (Å²) in [5, 5.41) is 13.5. The number of carbonyl (C=O) groups is 2. The smallest absolute Gasteiger partial charge is 0.407 e. The Hall–Kier alpha value is -0.430. The summed E-state index contributed by atoms with van der Waals surface area (Å²) in [7, 11) is 1.45. The number of methoxy groups -OCH3 is 1. The van der Waals surface area contributed by atoms with Gasteiger partial charge in [-0.25, -0.2) is 4.79 Å². The maximum absolute atomic E-state index is 12.8. The fourth-order valence-electron chi connectivity index (χ4n) is 8.43. The third kappa shape index (κ3) is 4.71. The molecule has 188 valence electrons. The van der Waals surface area contributed by atoms with E-state index in [4.69, 9.17) is 44.3 Å². The average molecular weight is 525 g/mol. The molecule has 1 amide bonds. The van der Waals surface area contributed by atoms with E-state index in [1.54, 1.807) is 0 Å².